The highest BCUT2D eigenvalue weighted by Gasteiger charge is 2.15. The van der Waals surface area contributed by atoms with Crippen molar-refractivity contribution >= 4 is 6.21 Å². The highest BCUT2D eigenvalue weighted by molar-refractivity contribution is 5.79. The predicted octanol–water partition coefficient (Wildman–Crippen LogP) is 4.76. The van der Waals surface area contributed by atoms with Crippen LogP contribution in [0.25, 0.3) is 0 Å². The van der Waals surface area contributed by atoms with Crippen molar-refractivity contribution in [1.29, 1.82) is 0 Å². The molecule has 1 fully saturated rings. The van der Waals surface area contributed by atoms with Gasteiger partial charge in [-0.3, -0.25) is 0 Å². The maximum absolute atomic E-state index is 5.18. The fourth-order valence-corrected chi connectivity index (χ4v) is 2.64. The molecule has 0 N–H and O–H groups in total. The molecule has 0 amide bonds. The van der Waals surface area contributed by atoms with Gasteiger partial charge in [0.2, 0.25) is 0 Å². The molecule has 0 heterocycles. The summed E-state index contributed by atoms with van der Waals surface area (Å²) < 4.78 is 0. The summed E-state index contributed by atoms with van der Waals surface area (Å²) in [5, 5.41) is 3.92. The number of nitrogens with zero attached hydrogens (tertiary/aromatic N) is 1. The quantitative estimate of drug-likeness (QED) is 0.409. The fourth-order valence-electron chi connectivity index (χ4n) is 2.64. The minimum absolute atomic E-state index is 0.686. The van der Waals surface area contributed by atoms with Gasteiger partial charge in [-0.1, -0.05) is 56.0 Å². The van der Waals surface area contributed by atoms with Crippen LogP contribution in [0.5, 0.6) is 0 Å². The second-order valence-corrected chi connectivity index (χ2v) is 5.35. The first-order valence-corrected chi connectivity index (χ1v) is 7.58. The van der Waals surface area contributed by atoms with Gasteiger partial charge >= 0.3 is 0 Å². The summed E-state index contributed by atoms with van der Waals surface area (Å²) in [6.45, 7) is 2.83. The second-order valence-electron chi connectivity index (χ2n) is 5.35. The molecule has 0 atom stereocenters. The molecule has 2 nitrogen and oxygen atoms in total. The van der Waals surface area contributed by atoms with Gasteiger partial charge in [-0.25, -0.2) is 0 Å². The molecule has 0 aliphatic heterocycles. The van der Waals surface area contributed by atoms with E-state index in [9.17, 15) is 0 Å². The summed E-state index contributed by atoms with van der Waals surface area (Å²) in [6.07, 6.45) is 12.0. The number of hydrogen-bond acceptors (Lipinski definition) is 2. The Labute approximate surface area is 116 Å². The van der Waals surface area contributed by atoms with Gasteiger partial charge in [0.15, 0.2) is 0 Å². The lowest BCUT2D eigenvalue weighted by Gasteiger charge is -2.22. The summed E-state index contributed by atoms with van der Waals surface area (Å²) in [5.74, 6) is 0.733. The van der Waals surface area contributed by atoms with Gasteiger partial charge in [0, 0.05) is 5.56 Å². The minimum Gasteiger partial charge on any atom is -0.395 e. The molecule has 2 heteroatoms. The second kappa shape index (κ2) is 7.98. The Balaban J connectivity index is 1.90. The number of hydrogen-bond donors (Lipinski definition) is 0. The lowest BCUT2D eigenvalue weighted by molar-refractivity contribution is 0.143. The minimum atomic E-state index is 0.686. The zero-order valence-corrected chi connectivity index (χ0v) is 11.9. The molecular weight excluding hydrogens is 234 g/mol. The van der Waals surface area contributed by atoms with Crippen molar-refractivity contribution in [2.24, 2.45) is 5.16 Å². The van der Waals surface area contributed by atoms with Gasteiger partial charge in [0.1, 0.15) is 12.8 Å². The molecule has 0 spiro atoms. The van der Waals surface area contributed by atoms with E-state index in [0.717, 1.165) is 24.3 Å². The van der Waals surface area contributed by atoms with Gasteiger partial charge in [0.05, 0.1) is 0 Å². The first-order valence-electron chi connectivity index (χ1n) is 7.58. The molecular formula is C17H24NO. The molecule has 2 rings (SSSR count). The third-order valence-electron chi connectivity index (χ3n) is 3.79. The summed E-state index contributed by atoms with van der Waals surface area (Å²) >= 11 is 0. The van der Waals surface area contributed by atoms with Gasteiger partial charge in [-0.15, -0.1) is 0 Å². The molecule has 0 bridgehead atoms. The smallest absolute Gasteiger partial charge is 0.139 e. The SMILES string of the molecule is CCCCO/N=[C]\c1cccc(C2CCCCC2)c1. The van der Waals surface area contributed by atoms with E-state index < -0.39 is 0 Å². The van der Waals surface area contributed by atoms with E-state index in [0.29, 0.717) is 6.61 Å². The molecule has 1 aromatic rings. The van der Waals surface area contributed by atoms with E-state index in [2.05, 4.69) is 36.5 Å². The first-order chi connectivity index (χ1) is 9.40. The number of benzene rings is 1. The van der Waals surface area contributed by atoms with Crippen molar-refractivity contribution in [3.05, 3.63) is 35.4 Å². The molecule has 0 unspecified atom stereocenters. The van der Waals surface area contributed by atoms with Crippen LogP contribution < -0.4 is 0 Å². The number of rotatable bonds is 6. The Morgan fingerprint density at radius 2 is 2.11 bits per heavy atom. The van der Waals surface area contributed by atoms with Crippen LogP contribution in [0.2, 0.25) is 0 Å². The summed E-state index contributed by atoms with van der Waals surface area (Å²) in [5.41, 5.74) is 2.47. The lowest BCUT2D eigenvalue weighted by Crippen LogP contribution is -2.04. The van der Waals surface area contributed by atoms with Crippen molar-refractivity contribution < 1.29 is 4.84 Å². The molecule has 19 heavy (non-hydrogen) atoms. The summed E-state index contributed by atoms with van der Waals surface area (Å²) in [7, 11) is 0. The van der Waals surface area contributed by atoms with Crippen LogP contribution in [-0.4, -0.2) is 12.8 Å². The van der Waals surface area contributed by atoms with Crippen LogP contribution in [-0.2, 0) is 4.84 Å². The molecule has 1 radical (unpaired) electrons. The Bertz CT molecular complexity index is 394. The average Bonchev–Trinajstić information content (AvgIpc) is 2.48. The molecule has 1 aromatic carbocycles. The van der Waals surface area contributed by atoms with Crippen LogP contribution >= 0.6 is 0 Å². The molecule has 1 aliphatic rings. The molecule has 1 aliphatic carbocycles. The highest BCUT2D eigenvalue weighted by atomic mass is 16.6. The van der Waals surface area contributed by atoms with E-state index in [-0.39, 0.29) is 0 Å². The maximum atomic E-state index is 5.18. The van der Waals surface area contributed by atoms with E-state index in [1.807, 2.05) is 6.07 Å². The predicted molar refractivity (Wildman–Crippen MR) is 79.7 cm³/mol. The monoisotopic (exact) mass is 258 g/mol. The van der Waals surface area contributed by atoms with E-state index in [1.165, 1.54) is 37.7 Å². The highest BCUT2D eigenvalue weighted by Crippen LogP contribution is 2.32. The van der Waals surface area contributed by atoms with Crippen LogP contribution in [0.4, 0.5) is 0 Å². The third kappa shape index (κ3) is 4.70. The zero-order chi connectivity index (χ0) is 13.3. The van der Waals surface area contributed by atoms with E-state index in [1.54, 1.807) is 0 Å². The molecule has 0 aromatic heterocycles. The van der Waals surface area contributed by atoms with Gasteiger partial charge in [0.25, 0.3) is 0 Å². The van der Waals surface area contributed by atoms with Crippen LogP contribution in [0.1, 0.15) is 68.9 Å². The van der Waals surface area contributed by atoms with Crippen LogP contribution in [0.15, 0.2) is 29.4 Å². The van der Waals surface area contributed by atoms with E-state index >= 15 is 0 Å². The van der Waals surface area contributed by atoms with Gasteiger partial charge in [-0.05, 0) is 36.8 Å². The molecule has 103 valence electrons. The fraction of sp³-hybridized carbons (Fsp3) is 0.588. The van der Waals surface area contributed by atoms with E-state index in [4.69, 9.17) is 4.84 Å². The van der Waals surface area contributed by atoms with Crippen molar-refractivity contribution in [3.8, 4) is 0 Å². The molecule has 0 saturated heterocycles. The summed E-state index contributed by atoms with van der Waals surface area (Å²) in [6, 6.07) is 8.59. The maximum Gasteiger partial charge on any atom is 0.139 e. The summed E-state index contributed by atoms with van der Waals surface area (Å²) in [4.78, 5) is 5.18. The van der Waals surface area contributed by atoms with Crippen LogP contribution in [0, 0.1) is 0 Å². The lowest BCUT2D eigenvalue weighted by atomic mass is 9.84. The first kappa shape index (κ1) is 14.1. The van der Waals surface area contributed by atoms with Crippen LogP contribution in [0.3, 0.4) is 0 Å². The third-order valence-corrected chi connectivity index (χ3v) is 3.79. The Kier molecular flexibility index (Phi) is 5.93. The molecule has 1 saturated carbocycles. The van der Waals surface area contributed by atoms with Gasteiger partial charge in [-0.2, -0.15) is 0 Å². The largest absolute Gasteiger partial charge is 0.395 e. The zero-order valence-electron chi connectivity index (χ0n) is 11.9. The standard InChI is InChI=1S/C17H24NO/c1-2-3-12-19-18-14-15-8-7-11-17(13-15)16-9-5-4-6-10-16/h7-8,11,13,16H,2-6,9-10,12H2,1H3. The van der Waals surface area contributed by atoms with Gasteiger partial charge < -0.3 is 4.84 Å². The Morgan fingerprint density at radius 3 is 2.89 bits per heavy atom. The van der Waals surface area contributed by atoms with Crippen molar-refractivity contribution in [1.82, 2.24) is 0 Å². The topological polar surface area (TPSA) is 21.6 Å². The number of unbranched alkanes of at least 4 members (excludes halogenated alkanes) is 1. The average molecular weight is 258 g/mol. The van der Waals surface area contributed by atoms with Crippen molar-refractivity contribution in [2.75, 3.05) is 6.61 Å². The Hall–Kier alpha value is -1.31. The van der Waals surface area contributed by atoms with Crippen molar-refractivity contribution in [2.45, 2.75) is 57.8 Å². The Morgan fingerprint density at radius 1 is 1.26 bits per heavy atom. The van der Waals surface area contributed by atoms with Crippen molar-refractivity contribution in [3.63, 3.8) is 0 Å². The normalized spacial score (nSPS) is 16.9.